The molecule has 1 fully saturated rings. The van der Waals surface area contributed by atoms with Crippen LogP contribution in [0, 0.1) is 5.92 Å². The predicted octanol–water partition coefficient (Wildman–Crippen LogP) is 3.45. The highest BCUT2D eigenvalue weighted by Crippen LogP contribution is 2.32. The van der Waals surface area contributed by atoms with Gasteiger partial charge in [0, 0.05) is 24.7 Å². The van der Waals surface area contributed by atoms with Gasteiger partial charge in [0.05, 0.1) is 6.54 Å². The third kappa shape index (κ3) is 5.69. The molecular weight excluding hydrogens is 392 g/mol. The van der Waals surface area contributed by atoms with E-state index in [9.17, 15) is 4.79 Å². The lowest BCUT2D eigenvalue weighted by Crippen LogP contribution is -2.38. The smallest absolute Gasteiger partial charge is 0.231 e. The normalized spacial score (nSPS) is 15.3. The molecule has 1 saturated carbocycles. The van der Waals surface area contributed by atoms with Gasteiger partial charge in [-0.3, -0.25) is 4.79 Å². The summed E-state index contributed by atoms with van der Waals surface area (Å²) in [6.45, 7) is 4.41. The maximum atomic E-state index is 12.2. The Balaban J connectivity index is 1.30. The topological polar surface area (TPSA) is 84.0 Å². The summed E-state index contributed by atoms with van der Waals surface area (Å²) in [6, 6.07) is 13.9. The fourth-order valence-corrected chi connectivity index (χ4v) is 3.60. The summed E-state index contributed by atoms with van der Waals surface area (Å²) < 4.78 is 10.8. The van der Waals surface area contributed by atoms with Crippen LogP contribution < -0.4 is 25.4 Å². The minimum absolute atomic E-state index is 0.130. The number of hydrogen-bond acceptors (Lipinski definition) is 4. The van der Waals surface area contributed by atoms with E-state index in [-0.39, 0.29) is 11.8 Å². The lowest BCUT2D eigenvalue weighted by atomic mass is 9.85. The van der Waals surface area contributed by atoms with Crippen molar-refractivity contribution in [2.75, 3.05) is 25.2 Å². The maximum Gasteiger partial charge on any atom is 0.231 e. The van der Waals surface area contributed by atoms with Crippen LogP contribution in [0.2, 0.25) is 0 Å². The second kappa shape index (κ2) is 10.2. The Labute approximate surface area is 183 Å². The molecule has 1 aliphatic carbocycles. The minimum atomic E-state index is 0.130. The molecule has 0 unspecified atom stereocenters. The van der Waals surface area contributed by atoms with Crippen LogP contribution in [0.15, 0.2) is 47.5 Å². The summed E-state index contributed by atoms with van der Waals surface area (Å²) in [7, 11) is 0. The van der Waals surface area contributed by atoms with Crippen molar-refractivity contribution in [1.82, 2.24) is 10.6 Å². The van der Waals surface area contributed by atoms with Gasteiger partial charge in [-0.15, -0.1) is 0 Å². The first-order valence-corrected chi connectivity index (χ1v) is 11.0. The Hall–Kier alpha value is -3.22. The largest absolute Gasteiger partial charge is 0.454 e. The molecule has 7 nitrogen and oxygen atoms in total. The van der Waals surface area contributed by atoms with Crippen molar-refractivity contribution in [3.63, 3.8) is 0 Å². The molecule has 1 amide bonds. The van der Waals surface area contributed by atoms with Crippen LogP contribution in [0.3, 0.4) is 0 Å². The number of carbonyl (C=O) groups is 1. The van der Waals surface area contributed by atoms with E-state index in [1.165, 1.54) is 5.56 Å². The zero-order chi connectivity index (χ0) is 21.5. The molecule has 0 atom stereocenters. The predicted molar refractivity (Wildman–Crippen MR) is 122 cm³/mol. The molecule has 3 N–H and O–H groups in total. The van der Waals surface area contributed by atoms with Gasteiger partial charge in [0.1, 0.15) is 0 Å². The Morgan fingerprint density at radius 2 is 1.94 bits per heavy atom. The molecular formula is C24H30N4O3. The molecule has 2 aliphatic rings. The van der Waals surface area contributed by atoms with E-state index in [4.69, 9.17) is 14.5 Å². The number of fused-ring (bicyclic) bond motifs is 1. The molecule has 164 valence electrons. The highest BCUT2D eigenvalue weighted by atomic mass is 16.7. The number of hydrogen-bond donors (Lipinski definition) is 3. The van der Waals surface area contributed by atoms with Crippen molar-refractivity contribution in [2.45, 2.75) is 39.2 Å². The number of nitrogens with zero attached hydrogens (tertiary/aromatic N) is 1. The number of guanidine groups is 1. The molecule has 0 radical (unpaired) electrons. The number of anilines is 1. The molecule has 31 heavy (non-hydrogen) atoms. The standard InChI is InChI=1S/C24H30N4O3/c1-2-25-24(26-12-11-17-9-10-21-22(14-17)31-16-30-21)27-15-18-5-3-8-20(13-18)28-23(29)19-6-4-7-19/h3,5,8-10,13-14,19H,2,4,6-7,11-12,15-16H2,1H3,(H,28,29)(H2,25,26,27). The molecule has 4 rings (SSSR count). The first-order chi connectivity index (χ1) is 15.2. The van der Waals surface area contributed by atoms with Crippen LogP contribution >= 0.6 is 0 Å². The van der Waals surface area contributed by atoms with Gasteiger partial charge in [-0.05, 0) is 61.6 Å². The van der Waals surface area contributed by atoms with Crippen molar-refractivity contribution >= 4 is 17.6 Å². The fraction of sp³-hybridized carbons (Fsp3) is 0.417. The van der Waals surface area contributed by atoms with Crippen LogP contribution in [0.1, 0.15) is 37.3 Å². The third-order valence-electron chi connectivity index (χ3n) is 5.58. The Morgan fingerprint density at radius 3 is 2.74 bits per heavy atom. The quantitative estimate of drug-likeness (QED) is 0.448. The van der Waals surface area contributed by atoms with Gasteiger partial charge in [0.2, 0.25) is 12.7 Å². The van der Waals surface area contributed by atoms with Crippen molar-refractivity contribution in [2.24, 2.45) is 10.9 Å². The monoisotopic (exact) mass is 422 g/mol. The SMILES string of the molecule is CCNC(=NCc1cccc(NC(=O)C2CCC2)c1)NCCc1ccc2c(c1)OCO2. The van der Waals surface area contributed by atoms with E-state index < -0.39 is 0 Å². The van der Waals surface area contributed by atoms with Crippen LogP contribution in [0.4, 0.5) is 5.69 Å². The van der Waals surface area contributed by atoms with Gasteiger partial charge < -0.3 is 25.4 Å². The van der Waals surface area contributed by atoms with E-state index in [0.717, 1.165) is 67.5 Å². The number of nitrogens with one attached hydrogen (secondary N) is 3. The summed E-state index contributed by atoms with van der Waals surface area (Å²) in [5, 5.41) is 9.69. The van der Waals surface area contributed by atoms with Crippen molar-refractivity contribution < 1.29 is 14.3 Å². The number of rotatable bonds is 8. The number of amides is 1. The summed E-state index contributed by atoms with van der Waals surface area (Å²) in [5.74, 6) is 2.69. The molecule has 2 aromatic rings. The second-order valence-electron chi connectivity index (χ2n) is 7.88. The summed E-state index contributed by atoms with van der Waals surface area (Å²) >= 11 is 0. The van der Waals surface area contributed by atoms with Gasteiger partial charge in [0.15, 0.2) is 17.5 Å². The van der Waals surface area contributed by atoms with Crippen LogP contribution in [0.5, 0.6) is 11.5 Å². The molecule has 7 heteroatoms. The Morgan fingerprint density at radius 1 is 1.06 bits per heavy atom. The average Bonchev–Trinajstić information content (AvgIpc) is 3.19. The van der Waals surface area contributed by atoms with Gasteiger partial charge in [0.25, 0.3) is 0 Å². The first kappa shape index (κ1) is 21.0. The average molecular weight is 423 g/mol. The lowest BCUT2D eigenvalue weighted by Gasteiger charge is -2.24. The van der Waals surface area contributed by atoms with Gasteiger partial charge >= 0.3 is 0 Å². The Bertz CT molecular complexity index is 940. The number of aliphatic imine (C=N–C) groups is 1. The van der Waals surface area contributed by atoms with Gasteiger partial charge in [-0.25, -0.2) is 4.99 Å². The van der Waals surface area contributed by atoms with Gasteiger partial charge in [-0.2, -0.15) is 0 Å². The molecule has 0 aromatic heterocycles. The van der Waals surface area contributed by atoms with E-state index in [1.54, 1.807) is 0 Å². The minimum Gasteiger partial charge on any atom is -0.454 e. The number of benzene rings is 2. The van der Waals surface area contributed by atoms with Crippen LogP contribution in [-0.2, 0) is 17.8 Å². The van der Waals surface area contributed by atoms with E-state index in [1.807, 2.05) is 43.3 Å². The van der Waals surface area contributed by atoms with Crippen LogP contribution in [0.25, 0.3) is 0 Å². The molecule has 0 saturated heterocycles. The first-order valence-electron chi connectivity index (χ1n) is 11.0. The van der Waals surface area contributed by atoms with E-state index in [2.05, 4.69) is 22.0 Å². The highest BCUT2D eigenvalue weighted by molar-refractivity contribution is 5.93. The van der Waals surface area contributed by atoms with Crippen molar-refractivity contribution in [3.8, 4) is 11.5 Å². The maximum absolute atomic E-state index is 12.2. The van der Waals surface area contributed by atoms with Crippen molar-refractivity contribution in [3.05, 3.63) is 53.6 Å². The molecule has 0 spiro atoms. The van der Waals surface area contributed by atoms with Gasteiger partial charge in [-0.1, -0.05) is 24.6 Å². The highest BCUT2D eigenvalue weighted by Gasteiger charge is 2.25. The summed E-state index contributed by atoms with van der Waals surface area (Å²) in [6.07, 6.45) is 4.00. The van der Waals surface area contributed by atoms with Crippen LogP contribution in [-0.4, -0.2) is 31.7 Å². The summed E-state index contributed by atoms with van der Waals surface area (Å²) in [5.41, 5.74) is 3.08. The van der Waals surface area contributed by atoms with E-state index in [0.29, 0.717) is 13.3 Å². The third-order valence-corrected chi connectivity index (χ3v) is 5.58. The molecule has 1 heterocycles. The molecule has 1 aliphatic heterocycles. The zero-order valence-electron chi connectivity index (χ0n) is 17.9. The van der Waals surface area contributed by atoms with E-state index >= 15 is 0 Å². The van der Waals surface area contributed by atoms with Crippen molar-refractivity contribution in [1.29, 1.82) is 0 Å². The molecule has 0 bridgehead atoms. The zero-order valence-corrected chi connectivity index (χ0v) is 17.9. The fourth-order valence-electron chi connectivity index (χ4n) is 3.60. The number of carbonyl (C=O) groups excluding carboxylic acids is 1. The summed E-state index contributed by atoms with van der Waals surface area (Å²) in [4.78, 5) is 16.9. The number of ether oxygens (including phenoxy) is 2. The Kier molecular flexibility index (Phi) is 6.92. The molecule has 2 aromatic carbocycles. The lowest BCUT2D eigenvalue weighted by molar-refractivity contribution is -0.122. The second-order valence-corrected chi connectivity index (χ2v) is 7.88.